The molecule has 5 aromatic rings. The second-order valence-corrected chi connectivity index (χ2v) is 10.6. The summed E-state index contributed by atoms with van der Waals surface area (Å²) in [5.74, 6) is 0.293. The van der Waals surface area contributed by atoms with Gasteiger partial charge >= 0.3 is 5.69 Å². The van der Waals surface area contributed by atoms with Crippen molar-refractivity contribution in [1.29, 1.82) is 0 Å². The Bertz CT molecular complexity index is 1750. The Morgan fingerprint density at radius 1 is 0.756 bits per heavy atom. The van der Waals surface area contributed by atoms with Gasteiger partial charge in [0.2, 0.25) is 0 Å². The van der Waals surface area contributed by atoms with E-state index >= 15 is 0 Å². The zero-order valence-electron chi connectivity index (χ0n) is 23.3. The number of nitrogens with zero attached hydrogens (tertiary/aromatic N) is 6. The number of hydrogen-bond donors (Lipinski definition) is 0. The van der Waals surface area contributed by atoms with Gasteiger partial charge < -0.3 is 4.57 Å². The number of hydrogen-bond acceptors (Lipinski definition) is 5. The Kier molecular flexibility index (Phi) is 7.38. The second-order valence-electron chi connectivity index (χ2n) is 10.6. The average molecular weight is 553 g/mol. The maximum atomic E-state index is 14.7. The summed E-state index contributed by atoms with van der Waals surface area (Å²) in [5, 5.41) is 0. The van der Waals surface area contributed by atoms with E-state index in [2.05, 4.69) is 58.3 Å². The van der Waals surface area contributed by atoms with Crippen molar-refractivity contribution in [2.45, 2.75) is 19.1 Å². The molecule has 8 nitrogen and oxygen atoms in total. The third-order valence-electron chi connectivity index (χ3n) is 8.08. The molecule has 1 fully saturated rings. The largest absolute Gasteiger partial charge is 0.332 e. The lowest BCUT2D eigenvalue weighted by molar-refractivity contribution is 0.102. The van der Waals surface area contributed by atoms with Crippen molar-refractivity contribution in [1.82, 2.24) is 28.5 Å². The minimum absolute atomic E-state index is 0.149. The Hall–Kier alpha value is -4.34. The summed E-state index contributed by atoms with van der Waals surface area (Å²) >= 11 is 0. The fraction of sp³-hybridized carbons (Fsp3) is 0.281. The van der Waals surface area contributed by atoms with Gasteiger partial charge in [-0.2, -0.15) is 0 Å². The predicted octanol–water partition coefficient (Wildman–Crippen LogP) is 3.53. The summed E-state index contributed by atoms with van der Waals surface area (Å²) in [7, 11) is 3.07. The van der Waals surface area contributed by atoms with E-state index in [1.807, 2.05) is 12.1 Å². The third kappa shape index (κ3) is 5.14. The van der Waals surface area contributed by atoms with Crippen LogP contribution in [0.2, 0.25) is 0 Å². The van der Waals surface area contributed by atoms with Gasteiger partial charge in [-0.3, -0.25) is 23.7 Å². The van der Waals surface area contributed by atoms with Gasteiger partial charge in [-0.1, -0.05) is 78.9 Å². The highest BCUT2D eigenvalue weighted by Crippen LogP contribution is 2.30. The highest BCUT2D eigenvalue weighted by atomic mass is 19.1. The van der Waals surface area contributed by atoms with Crippen LogP contribution >= 0.6 is 0 Å². The fourth-order valence-electron chi connectivity index (χ4n) is 5.84. The van der Waals surface area contributed by atoms with Crippen LogP contribution in [0.25, 0.3) is 11.2 Å². The molecule has 0 unspecified atom stereocenters. The molecule has 1 aliphatic rings. The topological polar surface area (TPSA) is 68.3 Å². The summed E-state index contributed by atoms with van der Waals surface area (Å²) in [5.41, 5.74) is 2.73. The van der Waals surface area contributed by atoms with Crippen LogP contribution in [0.15, 0.2) is 94.5 Å². The van der Waals surface area contributed by atoms with Crippen LogP contribution in [0.4, 0.5) is 4.39 Å². The molecule has 0 bridgehead atoms. The van der Waals surface area contributed by atoms with Crippen molar-refractivity contribution < 1.29 is 4.39 Å². The lowest BCUT2D eigenvalue weighted by atomic mass is 9.96. The highest BCUT2D eigenvalue weighted by Gasteiger charge is 2.28. The van der Waals surface area contributed by atoms with Gasteiger partial charge in [0.05, 0.1) is 19.1 Å². The molecule has 0 saturated carbocycles. The molecule has 1 saturated heterocycles. The molecule has 210 valence electrons. The van der Waals surface area contributed by atoms with Gasteiger partial charge in [-0.25, -0.2) is 14.2 Å². The molecule has 0 amide bonds. The van der Waals surface area contributed by atoms with Crippen LogP contribution in [0.3, 0.4) is 0 Å². The second kappa shape index (κ2) is 11.3. The lowest BCUT2D eigenvalue weighted by Gasteiger charge is -2.39. The number of imidazole rings is 1. The highest BCUT2D eigenvalue weighted by molar-refractivity contribution is 5.71. The minimum Gasteiger partial charge on any atom is -0.316 e. The number of piperazine rings is 1. The quantitative estimate of drug-likeness (QED) is 0.309. The van der Waals surface area contributed by atoms with Crippen LogP contribution in [0.1, 0.15) is 28.6 Å². The number of halogens is 1. The molecule has 3 heterocycles. The van der Waals surface area contributed by atoms with Crippen molar-refractivity contribution in [2.75, 3.05) is 26.2 Å². The monoisotopic (exact) mass is 552 g/mol. The first-order chi connectivity index (χ1) is 19.9. The van der Waals surface area contributed by atoms with E-state index in [0.29, 0.717) is 29.1 Å². The summed E-state index contributed by atoms with van der Waals surface area (Å²) in [6, 6.07) is 27.8. The Labute approximate surface area is 237 Å². The Morgan fingerprint density at radius 3 is 1.95 bits per heavy atom. The molecular formula is C32H33FN6O2. The van der Waals surface area contributed by atoms with Gasteiger partial charge in [-0.05, 0) is 17.2 Å². The molecule has 0 spiro atoms. The molecule has 0 aliphatic carbocycles. The molecule has 6 rings (SSSR count). The summed E-state index contributed by atoms with van der Waals surface area (Å²) in [6.07, 6.45) is 0. The smallest absolute Gasteiger partial charge is 0.316 e. The minimum atomic E-state index is -0.439. The zero-order valence-corrected chi connectivity index (χ0v) is 23.3. The van der Waals surface area contributed by atoms with E-state index in [4.69, 9.17) is 4.98 Å². The van der Waals surface area contributed by atoms with Crippen molar-refractivity contribution >= 4 is 11.2 Å². The molecule has 0 N–H and O–H groups in total. The molecule has 1 aliphatic heterocycles. The van der Waals surface area contributed by atoms with Crippen LogP contribution in [0.5, 0.6) is 0 Å². The molecule has 9 heteroatoms. The van der Waals surface area contributed by atoms with E-state index in [0.717, 1.165) is 30.7 Å². The van der Waals surface area contributed by atoms with Gasteiger partial charge in [0.1, 0.15) is 11.6 Å². The van der Waals surface area contributed by atoms with Crippen molar-refractivity contribution in [2.24, 2.45) is 14.1 Å². The van der Waals surface area contributed by atoms with E-state index < -0.39 is 11.2 Å². The molecule has 3 aromatic carbocycles. The number of aromatic nitrogens is 4. The van der Waals surface area contributed by atoms with Gasteiger partial charge in [0, 0.05) is 45.8 Å². The predicted molar refractivity (Wildman–Crippen MR) is 157 cm³/mol. The van der Waals surface area contributed by atoms with Crippen LogP contribution < -0.4 is 11.2 Å². The first kappa shape index (κ1) is 26.9. The molecule has 0 atom stereocenters. The number of aryl methyl sites for hydroxylation is 1. The van der Waals surface area contributed by atoms with Crippen molar-refractivity contribution in [3.63, 3.8) is 0 Å². The first-order valence-corrected chi connectivity index (χ1v) is 13.9. The average Bonchev–Trinajstić information content (AvgIpc) is 3.36. The summed E-state index contributed by atoms with van der Waals surface area (Å²) in [4.78, 5) is 35.5. The van der Waals surface area contributed by atoms with Crippen molar-refractivity contribution in [3.8, 4) is 0 Å². The van der Waals surface area contributed by atoms with Crippen LogP contribution in [0, 0.1) is 5.82 Å². The third-order valence-corrected chi connectivity index (χ3v) is 8.08. The molecule has 2 aromatic heterocycles. The molecule has 0 radical (unpaired) electrons. The number of benzene rings is 3. The van der Waals surface area contributed by atoms with Gasteiger partial charge in [0.25, 0.3) is 5.56 Å². The van der Waals surface area contributed by atoms with Crippen LogP contribution in [-0.4, -0.2) is 54.7 Å². The van der Waals surface area contributed by atoms with E-state index in [1.54, 1.807) is 29.8 Å². The number of fused-ring (bicyclic) bond motifs is 1. The van der Waals surface area contributed by atoms with E-state index in [1.165, 1.54) is 28.8 Å². The summed E-state index contributed by atoms with van der Waals surface area (Å²) < 4.78 is 19.0. The maximum Gasteiger partial charge on any atom is 0.332 e. The normalized spacial score (nSPS) is 14.7. The van der Waals surface area contributed by atoms with Crippen LogP contribution in [-0.2, 0) is 27.2 Å². The SMILES string of the molecule is Cn1c(=O)c2c(nc(CN3CCN(C(c4ccccc4)c4ccccc4)CC3)n2Cc2ccccc2F)n(C)c1=O. The van der Waals surface area contributed by atoms with Crippen molar-refractivity contribution in [3.05, 3.63) is 134 Å². The van der Waals surface area contributed by atoms with Gasteiger partial charge in [-0.15, -0.1) is 0 Å². The lowest BCUT2D eigenvalue weighted by Crippen LogP contribution is -2.47. The Morgan fingerprint density at radius 2 is 1.34 bits per heavy atom. The van der Waals surface area contributed by atoms with Gasteiger partial charge in [0.15, 0.2) is 11.2 Å². The zero-order chi connectivity index (χ0) is 28.5. The molecule has 41 heavy (non-hydrogen) atoms. The number of rotatable bonds is 7. The first-order valence-electron chi connectivity index (χ1n) is 13.9. The van der Waals surface area contributed by atoms with E-state index in [9.17, 15) is 14.0 Å². The van der Waals surface area contributed by atoms with E-state index in [-0.39, 0.29) is 18.4 Å². The Balaban J connectivity index is 1.30. The summed E-state index contributed by atoms with van der Waals surface area (Å²) in [6.45, 7) is 3.93. The standard InChI is InChI=1S/C32H33FN6O2/c1-35-30-29(31(40)36(2)32(35)41)39(21-25-15-9-10-16-26(25)33)27(34-30)22-37-17-19-38(20-18-37)28(23-11-5-3-6-12-23)24-13-7-4-8-14-24/h3-16,28H,17-22H2,1-2H3. The molecular weight excluding hydrogens is 519 g/mol. The maximum absolute atomic E-state index is 14.7. The fourth-order valence-corrected chi connectivity index (χ4v) is 5.84.